The number of benzene rings is 2. The predicted octanol–water partition coefficient (Wildman–Crippen LogP) is 2.39. The van der Waals surface area contributed by atoms with Gasteiger partial charge in [0.2, 0.25) is 0 Å². The lowest BCUT2D eigenvalue weighted by Gasteiger charge is -2.40. The Hall–Kier alpha value is -1.42. The van der Waals surface area contributed by atoms with Gasteiger partial charge in [0.15, 0.2) is 0 Å². The molecule has 1 atom stereocenters. The number of nitrogens with two attached hydrogens (primary N) is 1. The van der Waals surface area contributed by atoms with Gasteiger partial charge in [0, 0.05) is 19.5 Å². The third-order valence-corrected chi connectivity index (χ3v) is 4.16. The van der Waals surface area contributed by atoms with Crippen LogP contribution in [0.5, 0.6) is 0 Å². The Morgan fingerprint density at radius 3 is 2.60 bits per heavy atom. The first kappa shape index (κ1) is 13.6. The van der Waals surface area contributed by atoms with E-state index in [2.05, 4.69) is 54.3 Å². The summed E-state index contributed by atoms with van der Waals surface area (Å²) in [6.07, 6.45) is 0.856. The molecule has 2 N–H and O–H groups in total. The Morgan fingerprint density at radius 2 is 1.80 bits per heavy atom. The van der Waals surface area contributed by atoms with Crippen molar-refractivity contribution in [2.24, 2.45) is 5.73 Å². The fraction of sp³-hybridized carbons (Fsp3) is 0.412. The Balaban J connectivity index is 1.88. The summed E-state index contributed by atoms with van der Waals surface area (Å²) in [6.45, 7) is 5.51. The quantitative estimate of drug-likeness (QED) is 0.930. The highest BCUT2D eigenvalue weighted by Crippen LogP contribution is 2.24. The van der Waals surface area contributed by atoms with Crippen molar-refractivity contribution in [3.05, 3.63) is 48.0 Å². The summed E-state index contributed by atoms with van der Waals surface area (Å²) in [5, 5.41) is 2.59. The monoisotopic (exact) mass is 270 g/mol. The van der Waals surface area contributed by atoms with Crippen LogP contribution in [0.2, 0.25) is 0 Å². The molecule has 1 saturated heterocycles. The minimum atomic E-state index is -0.325. The highest BCUT2D eigenvalue weighted by molar-refractivity contribution is 5.85. The van der Waals surface area contributed by atoms with Crippen molar-refractivity contribution in [2.75, 3.05) is 26.3 Å². The van der Waals surface area contributed by atoms with Crippen molar-refractivity contribution in [3.8, 4) is 0 Å². The molecule has 3 nitrogen and oxygen atoms in total. The molecule has 0 amide bonds. The zero-order chi connectivity index (χ0) is 14.0. The summed E-state index contributed by atoms with van der Waals surface area (Å²) < 4.78 is 5.42. The maximum Gasteiger partial charge on any atom is 0.0701 e. The van der Waals surface area contributed by atoms with Gasteiger partial charge in [-0.3, -0.25) is 4.90 Å². The van der Waals surface area contributed by atoms with E-state index in [0.29, 0.717) is 0 Å². The first-order valence-corrected chi connectivity index (χ1v) is 7.25. The zero-order valence-corrected chi connectivity index (χ0v) is 12.0. The van der Waals surface area contributed by atoms with E-state index in [1.165, 1.54) is 16.3 Å². The molecule has 20 heavy (non-hydrogen) atoms. The summed E-state index contributed by atoms with van der Waals surface area (Å²) in [5.74, 6) is 0. The van der Waals surface area contributed by atoms with Crippen molar-refractivity contribution < 1.29 is 4.74 Å². The highest BCUT2D eigenvalue weighted by atomic mass is 16.5. The van der Waals surface area contributed by atoms with Crippen LogP contribution in [0.15, 0.2) is 42.5 Å². The second kappa shape index (κ2) is 5.52. The van der Waals surface area contributed by atoms with Crippen LogP contribution in [0.4, 0.5) is 0 Å². The van der Waals surface area contributed by atoms with Crippen LogP contribution in [-0.4, -0.2) is 36.9 Å². The molecule has 3 heteroatoms. The van der Waals surface area contributed by atoms with Crippen molar-refractivity contribution in [1.82, 2.24) is 4.90 Å². The molecule has 0 radical (unpaired) electrons. The molecule has 1 unspecified atom stereocenters. The molecule has 1 fully saturated rings. The van der Waals surface area contributed by atoms with E-state index in [1.807, 2.05) is 0 Å². The number of morpholine rings is 1. The summed E-state index contributed by atoms with van der Waals surface area (Å²) in [5.41, 5.74) is 7.58. The van der Waals surface area contributed by atoms with Crippen LogP contribution in [0.1, 0.15) is 12.5 Å². The van der Waals surface area contributed by atoms with Crippen LogP contribution >= 0.6 is 0 Å². The summed E-state index contributed by atoms with van der Waals surface area (Å²) in [7, 11) is 0. The summed E-state index contributed by atoms with van der Waals surface area (Å²) in [4.78, 5) is 2.33. The third kappa shape index (κ3) is 2.70. The van der Waals surface area contributed by atoms with Crippen LogP contribution in [0.25, 0.3) is 10.8 Å². The van der Waals surface area contributed by atoms with E-state index >= 15 is 0 Å². The molecular weight excluding hydrogens is 248 g/mol. The zero-order valence-electron chi connectivity index (χ0n) is 12.0. The SMILES string of the molecule is CC(N)(Cc1cccc2ccccc12)N1CCOCC1. The minimum Gasteiger partial charge on any atom is -0.379 e. The standard InChI is InChI=1S/C17H22N2O/c1-17(18,19-9-11-20-12-10-19)13-15-7-4-6-14-5-2-3-8-16(14)15/h2-8H,9-13,18H2,1H3. The molecule has 1 aliphatic rings. The van der Waals surface area contributed by atoms with Crippen molar-refractivity contribution in [2.45, 2.75) is 19.0 Å². The second-order valence-corrected chi connectivity index (χ2v) is 5.77. The normalized spacial score (nSPS) is 19.9. The number of hydrogen-bond donors (Lipinski definition) is 1. The molecule has 0 bridgehead atoms. The van der Waals surface area contributed by atoms with E-state index in [1.54, 1.807) is 0 Å². The number of fused-ring (bicyclic) bond motifs is 1. The molecule has 1 heterocycles. The highest BCUT2D eigenvalue weighted by Gasteiger charge is 2.29. The van der Waals surface area contributed by atoms with Gasteiger partial charge in [-0.15, -0.1) is 0 Å². The van der Waals surface area contributed by atoms with E-state index in [4.69, 9.17) is 10.5 Å². The number of rotatable bonds is 3. The number of nitrogens with zero attached hydrogens (tertiary/aromatic N) is 1. The van der Waals surface area contributed by atoms with Crippen LogP contribution in [0.3, 0.4) is 0 Å². The second-order valence-electron chi connectivity index (χ2n) is 5.77. The van der Waals surface area contributed by atoms with Gasteiger partial charge in [-0.2, -0.15) is 0 Å². The molecule has 2 aromatic rings. The average molecular weight is 270 g/mol. The van der Waals surface area contributed by atoms with Crippen molar-refractivity contribution in [1.29, 1.82) is 0 Å². The Bertz CT molecular complexity index is 583. The lowest BCUT2D eigenvalue weighted by atomic mass is 9.95. The Labute approximate surface area is 120 Å². The summed E-state index contributed by atoms with van der Waals surface area (Å²) in [6, 6.07) is 15.0. The molecule has 1 aliphatic heterocycles. The first-order chi connectivity index (χ1) is 9.67. The topological polar surface area (TPSA) is 38.5 Å². The van der Waals surface area contributed by atoms with E-state index in [-0.39, 0.29) is 5.66 Å². The van der Waals surface area contributed by atoms with Crippen molar-refractivity contribution >= 4 is 10.8 Å². The van der Waals surface area contributed by atoms with Gasteiger partial charge in [-0.25, -0.2) is 0 Å². The third-order valence-electron chi connectivity index (χ3n) is 4.16. The van der Waals surface area contributed by atoms with Crippen LogP contribution in [-0.2, 0) is 11.2 Å². The molecule has 3 rings (SSSR count). The smallest absolute Gasteiger partial charge is 0.0701 e. The molecule has 106 valence electrons. The fourth-order valence-electron chi connectivity index (χ4n) is 3.02. The Morgan fingerprint density at radius 1 is 1.10 bits per heavy atom. The van der Waals surface area contributed by atoms with Gasteiger partial charge >= 0.3 is 0 Å². The van der Waals surface area contributed by atoms with Gasteiger partial charge in [0.25, 0.3) is 0 Å². The van der Waals surface area contributed by atoms with E-state index in [0.717, 1.165) is 32.7 Å². The van der Waals surface area contributed by atoms with E-state index < -0.39 is 0 Å². The first-order valence-electron chi connectivity index (χ1n) is 7.25. The van der Waals surface area contributed by atoms with Gasteiger partial charge < -0.3 is 10.5 Å². The molecule has 0 spiro atoms. The molecule has 0 aliphatic carbocycles. The minimum absolute atomic E-state index is 0.325. The molecule has 0 saturated carbocycles. The summed E-state index contributed by atoms with van der Waals surface area (Å²) >= 11 is 0. The Kier molecular flexibility index (Phi) is 3.74. The van der Waals surface area contributed by atoms with Crippen LogP contribution < -0.4 is 5.73 Å². The molecule has 2 aromatic carbocycles. The number of ether oxygens (including phenoxy) is 1. The largest absolute Gasteiger partial charge is 0.379 e. The van der Waals surface area contributed by atoms with Crippen molar-refractivity contribution in [3.63, 3.8) is 0 Å². The van der Waals surface area contributed by atoms with E-state index in [9.17, 15) is 0 Å². The molecule has 0 aromatic heterocycles. The van der Waals surface area contributed by atoms with Gasteiger partial charge in [0.05, 0.1) is 18.9 Å². The van der Waals surface area contributed by atoms with Gasteiger partial charge in [0.1, 0.15) is 0 Å². The average Bonchev–Trinajstić information content (AvgIpc) is 2.48. The maximum absolute atomic E-state index is 6.58. The lowest BCUT2D eigenvalue weighted by molar-refractivity contribution is -0.0141. The molecular formula is C17H22N2O. The fourth-order valence-corrected chi connectivity index (χ4v) is 3.02. The number of hydrogen-bond acceptors (Lipinski definition) is 3. The maximum atomic E-state index is 6.58. The lowest BCUT2D eigenvalue weighted by Crippen LogP contribution is -2.58. The predicted molar refractivity (Wildman–Crippen MR) is 82.6 cm³/mol. The van der Waals surface area contributed by atoms with Crippen LogP contribution in [0, 0.1) is 0 Å². The van der Waals surface area contributed by atoms with Gasteiger partial charge in [-0.1, -0.05) is 42.5 Å². The van der Waals surface area contributed by atoms with Gasteiger partial charge in [-0.05, 0) is 23.3 Å².